The molecule has 0 unspecified atom stereocenters. The first-order valence-corrected chi connectivity index (χ1v) is 14.6. The largest absolute Gasteiger partial charge is 0.488 e. The Balaban J connectivity index is 1.47. The lowest BCUT2D eigenvalue weighted by Gasteiger charge is -2.20. The number of carbonyl (C=O) groups excluding carboxylic acids is 1. The fraction of sp³-hybridized carbons (Fsp3) is 0.286. The van der Waals surface area contributed by atoms with Crippen LogP contribution in [0.1, 0.15) is 78.2 Å². The van der Waals surface area contributed by atoms with Crippen LogP contribution in [-0.4, -0.2) is 20.8 Å². The van der Waals surface area contributed by atoms with Crippen LogP contribution in [0, 0.1) is 0 Å². The Morgan fingerprint density at radius 3 is 2.05 bits per heavy atom. The first-order chi connectivity index (χ1) is 20.8. The monoisotopic (exact) mass is 578 g/mol. The second kappa shape index (κ2) is 13.4. The molecule has 0 saturated heterocycles. The number of primary amides is 1. The van der Waals surface area contributed by atoms with Crippen molar-refractivity contribution in [2.24, 2.45) is 5.73 Å². The Hall–Kier alpha value is -4.85. The van der Waals surface area contributed by atoms with E-state index in [-0.39, 0.29) is 17.7 Å². The van der Waals surface area contributed by atoms with E-state index in [1.54, 1.807) is 0 Å². The molecule has 0 aliphatic rings. The normalized spacial score (nSPS) is 11.3. The molecule has 0 saturated carbocycles. The Morgan fingerprint density at radius 1 is 0.860 bits per heavy atom. The van der Waals surface area contributed by atoms with Crippen molar-refractivity contribution in [2.75, 3.05) is 0 Å². The van der Waals surface area contributed by atoms with Crippen LogP contribution in [0.3, 0.4) is 0 Å². The van der Waals surface area contributed by atoms with Gasteiger partial charge in [0.2, 0.25) is 0 Å². The van der Waals surface area contributed by atoms with Gasteiger partial charge >= 0.3 is 0 Å². The third-order valence-corrected chi connectivity index (χ3v) is 7.30. The van der Waals surface area contributed by atoms with Gasteiger partial charge in [-0.2, -0.15) is 5.10 Å². The number of ether oxygens (including phenoxy) is 2. The third-order valence-electron chi connectivity index (χ3n) is 7.30. The lowest BCUT2D eigenvalue weighted by Crippen LogP contribution is -2.13. The zero-order valence-corrected chi connectivity index (χ0v) is 25.1. The number of amides is 1. The van der Waals surface area contributed by atoms with Gasteiger partial charge in [-0.1, -0.05) is 79.7 Å². The molecule has 5 rings (SSSR count). The lowest BCUT2D eigenvalue weighted by atomic mass is 9.95. The third kappa shape index (κ3) is 7.15. The van der Waals surface area contributed by atoms with Crippen LogP contribution in [0.4, 0.5) is 0 Å². The van der Waals surface area contributed by atoms with Crippen molar-refractivity contribution in [3.05, 3.63) is 119 Å². The molecule has 0 atom stereocenters. The van der Waals surface area contributed by atoms with E-state index in [2.05, 4.69) is 42.3 Å². The van der Waals surface area contributed by atoms with Crippen molar-refractivity contribution < 1.29 is 18.8 Å². The van der Waals surface area contributed by atoms with E-state index in [9.17, 15) is 4.79 Å². The van der Waals surface area contributed by atoms with Crippen LogP contribution < -0.4 is 15.2 Å². The first-order valence-electron chi connectivity index (χ1n) is 14.6. The molecular weight excluding hydrogens is 540 g/mol. The molecule has 8 heteroatoms. The van der Waals surface area contributed by atoms with Gasteiger partial charge in [0.25, 0.3) is 5.91 Å². The average molecular weight is 579 g/mol. The summed E-state index contributed by atoms with van der Waals surface area (Å²) in [5.74, 6) is 1.64. The SMILES string of the molecule is CC(C)c1cc(CCc2onc(C(N)=O)c2-c2ccn(C(C)C)n2)c(OCc2ccccc2)cc1OCc1ccccc1. The summed E-state index contributed by atoms with van der Waals surface area (Å²) in [5, 5.41) is 8.67. The average Bonchev–Trinajstić information content (AvgIpc) is 3.67. The van der Waals surface area contributed by atoms with E-state index < -0.39 is 5.91 Å². The van der Waals surface area contributed by atoms with E-state index in [0.29, 0.717) is 43.1 Å². The molecule has 0 aliphatic heterocycles. The molecule has 1 amide bonds. The maximum atomic E-state index is 12.2. The number of carbonyl (C=O) groups is 1. The molecule has 0 radical (unpaired) electrons. The highest BCUT2D eigenvalue weighted by Gasteiger charge is 2.25. The highest BCUT2D eigenvalue weighted by Crippen LogP contribution is 2.36. The lowest BCUT2D eigenvalue weighted by molar-refractivity contribution is 0.0992. The number of nitrogens with zero attached hydrogens (tertiary/aromatic N) is 3. The second-order valence-corrected chi connectivity index (χ2v) is 11.2. The van der Waals surface area contributed by atoms with Gasteiger partial charge in [-0.3, -0.25) is 9.48 Å². The molecule has 0 bridgehead atoms. The van der Waals surface area contributed by atoms with E-state index in [4.69, 9.17) is 19.7 Å². The van der Waals surface area contributed by atoms with Gasteiger partial charge in [0.15, 0.2) is 5.69 Å². The zero-order valence-electron chi connectivity index (χ0n) is 25.1. The summed E-state index contributed by atoms with van der Waals surface area (Å²) in [4.78, 5) is 12.2. The summed E-state index contributed by atoms with van der Waals surface area (Å²) >= 11 is 0. The fourth-order valence-electron chi connectivity index (χ4n) is 4.94. The summed E-state index contributed by atoms with van der Waals surface area (Å²) in [6, 6.07) is 26.3. The minimum absolute atomic E-state index is 0.0806. The molecular formula is C35H38N4O4. The summed E-state index contributed by atoms with van der Waals surface area (Å²) < 4.78 is 20.3. The second-order valence-electron chi connectivity index (χ2n) is 11.2. The van der Waals surface area contributed by atoms with Crippen molar-refractivity contribution in [1.29, 1.82) is 0 Å². The highest BCUT2D eigenvalue weighted by atomic mass is 16.5. The summed E-state index contributed by atoms with van der Waals surface area (Å²) in [6.45, 7) is 9.25. The molecule has 5 aromatic rings. The number of hydrogen-bond donors (Lipinski definition) is 1. The number of rotatable bonds is 13. The van der Waals surface area contributed by atoms with Crippen LogP contribution in [0.5, 0.6) is 11.5 Å². The predicted octanol–water partition coefficient (Wildman–Crippen LogP) is 7.28. The van der Waals surface area contributed by atoms with Crippen molar-refractivity contribution in [3.8, 4) is 22.8 Å². The Kier molecular flexibility index (Phi) is 9.25. The molecule has 43 heavy (non-hydrogen) atoms. The van der Waals surface area contributed by atoms with E-state index in [1.165, 1.54) is 0 Å². The van der Waals surface area contributed by atoms with Gasteiger partial charge in [0, 0.05) is 24.7 Å². The van der Waals surface area contributed by atoms with Crippen molar-refractivity contribution in [2.45, 2.75) is 65.7 Å². The van der Waals surface area contributed by atoms with Gasteiger partial charge in [-0.05, 0) is 60.6 Å². The standard InChI is InChI=1S/C35H38N4O4/c1-23(2)28-19-27(15-16-30-33(34(35(36)40)38-43-30)29-17-18-39(37-29)24(3)4)31(41-21-25-11-7-5-8-12-25)20-32(28)42-22-26-13-9-6-10-14-26/h5-14,17-20,23-24H,15-16,21-22H2,1-4H3,(H2,36,40). The maximum Gasteiger partial charge on any atom is 0.271 e. The number of aryl methyl sites for hydroxylation is 2. The highest BCUT2D eigenvalue weighted by molar-refractivity contribution is 5.97. The summed E-state index contributed by atoms with van der Waals surface area (Å²) in [5.41, 5.74) is 11.1. The van der Waals surface area contributed by atoms with Crippen LogP contribution in [-0.2, 0) is 26.1 Å². The molecule has 3 aromatic carbocycles. The topological polar surface area (TPSA) is 105 Å². The molecule has 2 heterocycles. The predicted molar refractivity (Wildman–Crippen MR) is 166 cm³/mol. The van der Waals surface area contributed by atoms with Crippen LogP contribution in [0.15, 0.2) is 89.6 Å². The number of aromatic nitrogens is 3. The summed E-state index contributed by atoms with van der Waals surface area (Å²) in [6.07, 6.45) is 2.92. The first kappa shape index (κ1) is 29.6. The Labute approximate surface area is 252 Å². The number of nitrogens with two attached hydrogens (primary N) is 1. The minimum atomic E-state index is -0.655. The van der Waals surface area contributed by atoms with Gasteiger partial charge in [0.05, 0.1) is 11.3 Å². The maximum absolute atomic E-state index is 12.2. The van der Waals surface area contributed by atoms with Gasteiger partial charge in [0.1, 0.15) is 30.5 Å². The van der Waals surface area contributed by atoms with E-state index in [0.717, 1.165) is 33.8 Å². The van der Waals surface area contributed by atoms with Crippen molar-refractivity contribution >= 4 is 5.91 Å². The van der Waals surface area contributed by atoms with Crippen LogP contribution in [0.2, 0.25) is 0 Å². The van der Waals surface area contributed by atoms with Gasteiger partial charge < -0.3 is 19.7 Å². The molecule has 0 spiro atoms. The van der Waals surface area contributed by atoms with Crippen molar-refractivity contribution in [3.63, 3.8) is 0 Å². The molecule has 2 aromatic heterocycles. The minimum Gasteiger partial charge on any atom is -0.488 e. The Morgan fingerprint density at radius 2 is 1.49 bits per heavy atom. The van der Waals surface area contributed by atoms with Crippen LogP contribution >= 0.6 is 0 Å². The van der Waals surface area contributed by atoms with Gasteiger partial charge in [-0.15, -0.1) is 0 Å². The molecule has 0 aliphatic carbocycles. The zero-order chi connectivity index (χ0) is 30.3. The van der Waals surface area contributed by atoms with E-state index >= 15 is 0 Å². The Bertz CT molecular complexity index is 1660. The quantitative estimate of drug-likeness (QED) is 0.157. The number of benzene rings is 3. The smallest absolute Gasteiger partial charge is 0.271 e. The molecule has 8 nitrogen and oxygen atoms in total. The number of hydrogen-bond acceptors (Lipinski definition) is 6. The molecule has 2 N–H and O–H groups in total. The van der Waals surface area contributed by atoms with Gasteiger partial charge in [-0.25, -0.2) is 0 Å². The van der Waals surface area contributed by atoms with E-state index in [1.807, 2.05) is 85.4 Å². The summed E-state index contributed by atoms with van der Waals surface area (Å²) in [7, 11) is 0. The molecule has 0 fully saturated rings. The van der Waals surface area contributed by atoms with Crippen LogP contribution in [0.25, 0.3) is 11.3 Å². The fourth-order valence-corrected chi connectivity index (χ4v) is 4.94. The molecule has 222 valence electrons. The van der Waals surface area contributed by atoms with Crippen molar-refractivity contribution in [1.82, 2.24) is 14.9 Å².